The molecule has 0 radical (unpaired) electrons. The van der Waals surface area contributed by atoms with E-state index in [0.717, 1.165) is 11.3 Å². The Morgan fingerprint density at radius 2 is 2.08 bits per heavy atom. The third-order valence-electron chi connectivity index (χ3n) is 4.30. The van der Waals surface area contributed by atoms with E-state index in [9.17, 15) is 22.0 Å². The van der Waals surface area contributed by atoms with E-state index in [2.05, 4.69) is 10.0 Å². The van der Waals surface area contributed by atoms with Crippen molar-refractivity contribution >= 4 is 27.3 Å². The highest BCUT2D eigenvalue weighted by Gasteiger charge is 2.44. The first-order chi connectivity index (χ1) is 11.3. The maximum absolute atomic E-state index is 13.2. The van der Waals surface area contributed by atoms with Gasteiger partial charge in [0.15, 0.2) is 0 Å². The van der Waals surface area contributed by atoms with Crippen LogP contribution >= 0.6 is 11.3 Å². The van der Waals surface area contributed by atoms with Crippen LogP contribution in [0.25, 0.3) is 0 Å². The first kappa shape index (κ1) is 17.7. The molecule has 1 atom stereocenters. The van der Waals surface area contributed by atoms with E-state index in [-0.39, 0.29) is 16.2 Å². The lowest BCUT2D eigenvalue weighted by Gasteiger charge is -2.33. The highest BCUT2D eigenvalue weighted by Crippen LogP contribution is 2.27. The van der Waals surface area contributed by atoms with E-state index in [1.807, 2.05) is 0 Å². The molecule has 2 aliphatic heterocycles. The van der Waals surface area contributed by atoms with E-state index < -0.39 is 35.0 Å². The Hall–Kier alpha value is -1.10. The molecule has 1 aromatic heterocycles. The number of hydrogen-bond donors (Lipinski definition) is 2. The summed E-state index contributed by atoms with van der Waals surface area (Å²) in [5.74, 6) is -3.17. The monoisotopic (exact) mass is 379 g/mol. The van der Waals surface area contributed by atoms with Gasteiger partial charge in [0.2, 0.25) is 15.9 Å². The molecule has 1 aromatic rings. The van der Waals surface area contributed by atoms with Crippen LogP contribution < -0.4 is 10.0 Å². The number of hydrogen-bond acceptors (Lipinski definition) is 5. The summed E-state index contributed by atoms with van der Waals surface area (Å²) in [6.07, 6.45) is 0.468. The summed E-state index contributed by atoms with van der Waals surface area (Å²) >= 11 is 1.15. The first-order valence-electron chi connectivity index (χ1n) is 7.73. The van der Waals surface area contributed by atoms with Gasteiger partial charge in [-0.25, -0.2) is 21.9 Å². The van der Waals surface area contributed by atoms with Crippen LogP contribution in [-0.4, -0.2) is 56.9 Å². The van der Waals surface area contributed by atoms with Crippen LogP contribution in [0, 0.1) is 0 Å². The van der Waals surface area contributed by atoms with Gasteiger partial charge in [0.25, 0.3) is 5.92 Å². The second kappa shape index (κ2) is 6.66. The molecule has 24 heavy (non-hydrogen) atoms. The number of carbonyl (C=O) groups is 1. The molecule has 10 heteroatoms. The standard InChI is InChI=1S/C14H19F2N3O3S2/c15-14(16)8-11(17-9-14)13(20)19-5-3-10(4-6-19)18-24(21,22)12-2-1-7-23-12/h1-2,7,10-11,17-18H,3-6,8-9H2. The lowest BCUT2D eigenvalue weighted by molar-refractivity contribution is -0.134. The van der Waals surface area contributed by atoms with Crippen LogP contribution in [0.4, 0.5) is 8.78 Å². The minimum absolute atomic E-state index is 0.251. The molecule has 0 aliphatic carbocycles. The Kier molecular flexibility index (Phi) is 4.92. The number of carbonyl (C=O) groups excluding carboxylic acids is 1. The highest BCUT2D eigenvalue weighted by atomic mass is 32.2. The van der Waals surface area contributed by atoms with Gasteiger partial charge in [0.05, 0.1) is 12.6 Å². The smallest absolute Gasteiger partial charge is 0.262 e. The first-order valence-corrected chi connectivity index (χ1v) is 10.1. The summed E-state index contributed by atoms with van der Waals surface area (Å²) in [4.78, 5) is 13.8. The zero-order valence-electron chi connectivity index (χ0n) is 12.9. The van der Waals surface area contributed by atoms with Gasteiger partial charge in [0, 0.05) is 25.6 Å². The number of nitrogens with one attached hydrogen (secondary N) is 2. The predicted molar refractivity (Wildman–Crippen MR) is 85.6 cm³/mol. The Labute approximate surface area is 143 Å². The van der Waals surface area contributed by atoms with Gasteiger partial charge in [-0.05, 0) is 24.3 Å². The van der Waals surface area contributed by atoms with Crippen molar-refractivity contribution in [3.8, 4) is 0 Å². The number of nitrogens with zero attached hydrogens (tertiary/aromatic N) is 1. The topological polar surface area (TPSA) is 78.5 Å². The van der Waals surface area contributed by atoms with Crippen LogP contribution in [-0.2, 0) is 14.8 Å². The van der Waals surface area contributed by atoms with Crippen molar-refractivity contribution in [3.05, 3.63) is 17.5 Å². The Bertz CT molecular complexity index is 686. The fourth-order valence-electron chi connectivity index (χ4n) is 3.02. The fourth-order valence-corrected chi connectivity index (χ4v) is 5.34. The minimum atomic E-state index is -3.53. The largest absolute Gasteiger partial charge is 0.341 e. The van der Waals surface area contributed by atoms with Crippen LogP contribution in [0.2, 0.25) is 0 Å². The summed E-state index contributed by atoms with van der Waals surface area (Å²) in [5.41, 5.74) is 0. The summed E-state index contributed by atoms with van der Waals surface area (Å²) in [6, 6.07) is 2.11. The van der Waals surface area contributed by atoms with Crippen LogP contribution in [0.1, 0.15) is 19.3 Å². The average Bonchev–Trinajstić information content (AvgIpc) is 3.17. The molecule has 0 saturated carbocycles. The lowest BCUT2D eigenvalue weighted by atomic mass is 10.0. The SMILES string of the molecule is O=C(C1CC(F)(F)CN1)N1CCC(NS(=O)(=O)c2cccs2)CC1. The molecule has 0 bridgehead atoms. The molecule has 2 aliphatic rings. The maximum atomic E-state index is 13.2. The Morgan fingerprint density at radius 3 is 2.62 bits per heavy atom. The second-order valence-electron chi connectivity index (χ2n) is 6.15. The van der Waals surface area contributed by atoms with Crippen molar-refractivity contribution in [2.24, 2.45) is 0 Å². The quantitative estimate of drug-likeness (QED) is 0.819. The normalized spacial score (nSPS) is 25.1. The van der Waals surface area contributed by atoms with Gasteiger partial charge in [-0.1, -0.05) is 6.07 Å². The molecular formula is C14H19F2N3O3S2. The highest BCUT2D eigenvalue weighted by molar-refractivity contribution is 7.91. The van der Waals surface area contributed by atoms with Crippen molar-refractivity contribution in [1.82, 2.24) is 14.9 Å². The number of rotatable bonds is 4. The molecule has 6 nitrogen and oxygen atoms in total. The summed E-state index contributed by atoms with van der Waals surface area (Å²) < 4.78 is 53.7. The fraction of sp³-hybridized carbons (Fsp3) is 0.643. The number of likely N-dealkylation sites (tertiary alicyclic amines) is 1. The van der Waals surface area contributed by atoms with Crippen LogP contribution in [0.15, 0.2) is 21.7 Å². The van der Waals surface area contributed by atoms with E-state index in [4.69, 9.17) is 0 Å². The number of thiophene rings is 1. The Balaban J connectivity index is 1.52. The van der Waals surface area contributed by atoms with Crippen molar-refractivity contribution < 1.29 is 22.0 Å². The predicted octanol–water partition coefficient (Wildman–Crippen LogP) is 1.01. The van der Waals surface area contributed by atoms with Crippen molar-refractivity contribution in [2.45, 2.75) is 41.5 Å². The summed E-state index contributed by atoms with van der Waals surface area (Å²) in [6.45, 7) is 0.251. The molecule has 3 rings (SSSR count). The maximum Gasteiger partial charge on any atom is 0.262 e. The number of halogens is 2. The lowest BCUT2D eigenvalue weighted by Crippen LogP contribution is -2.50. The van der Waals surface area contributed by atoms with Gasteiger partial charge in [-0.2, -0.15) is 0 Å². The molecule has 2 saturated heterocycles. The van der Waals surface area contributed by atoms with E-state index >= 15 is 0 Å². The second-order valence-corrected chi connectivity index (χ2v) is 9.04. The number of piperidine rings is 1. The summed E-state index contributed by atoms with van der Waals surface area (Å²) in [7, 11) is -3.53. The van der Waals surface area contributed by atoms with E-state index in [1.165, 1.54) is 11.0 Å². The third-order valence-corrected chi connectivity index (χ3v) is 7.21. The van der Waals surface area contributed by atoms with Gasteiger partial charge in [0.1, 0.15) is 4.21 Å². The molecule has 2 fully saturated rings. The zero-order chi connectivity index (χ0) is 17.4. The average molecular weight is 379 g/mol. The number of sulfonamides is 1. The molecule has 3 heterocycles. The zero-order valence-corrected chi connectivity index (χ0v) is 14.5. The van der Waals surface area contributed by atoms with Gasteiger partial charge in [-0.15, -0.1) is 11.3 Å². The number of amides is 1. The van der Waals surface area contributed by atoms with Crippen LogP contribution in [0.5, 0.6) is 0 Å². The van der Waals surface area contributed by atoms with Gasteiger partial charge in [-0.3, -0.25) is 10.1 Å². The molecule has 1 unspecified atom stereocenters. The molecule has 0 aromatic carbocycles. The third kappa shape index (κ3) is 3.93. The summed E-state index contributed by atoms with van der Waals surface area (Å²) in [5, 5.41) is 4.26. The number of alkyl halides is 2. The van der Waals surface area contributed by atoms with Crippen molar-refractivity contribution in [1.29, 1.82) is 0 Å². The molecule has 2 N–H and O–H groups in total. The minimum Gasteiger partial charge on any atom is -0.341 e. The molecular weight excluding hydrogens is 360 g/mol. The van der Waals surface area contributed by atoms with Crippen LogP contribution in [0.3, 0.4) is 0 Å². The van der Waals surface area contributed by atoms with Crippen molar-refractivity contribution in [2.75, 3.05) is 19.6 Å². The molecule has 134 valence electrons. The Morgan fingerprint density at radius 1 is 1.38 bits per heavy atom. The van der Waals surface area contributed by atoms with Crippen molar-refractivity contribution in [3.63, 3.8) is 0 Å². The van der Waals surface area contributed by atoms with Gasteiger partial charge >= 0.3 is 0 Å². The molecule has 1 amide bonds. The van der Waals surface area contributed by atoms with E-state index in [1.54, 1.807) is 11.4 Å². The van der Waals surface area contributed by atoms with Gasteiger partial charge < -0.3 is 4.90 Å². The van der Waals surface area contributed by atoms with E-state index in [0.29, 0.717) is 25.9 Å². The molecule has 0 spiro atoms.